The minimum atomic E-state index is -0.543. The van der Waals surface area contributed by atoms with Gasteiger partial charge in [0.2, 0.25) is 5.91 Å². The minimum Gasteiger partial charge on any atom is -0.444 e. The van der Waals surface area contributed by atoms with E-state index < -0.39 is 5.60 Å². The van der Waals surface area contributed by atoms with Gasteiger partial charge in [-0.05, 0) is 74.2 Å². The van der Waals surface area contributed by atoms with Gasteiger partial charge in [0, 0.05) is 23.5 Å². The SMILES string of the molecule is [C-]#[N+]c1ccc(N(Cc2ccc(C)cc2)C(=O)C2CCN(C(=O)OC(C)(C)C)CC2)c(Br)c1. The molecule has 0 spiro atoms. The molecule has 1 aliphatic rings. The van der Waals surface area contributed by atoms with Gasteiger partial charge in [-0.2, -0.15) is 0 Å². The number of carbonyl (C=O) groups is 2. The van der Waals surface area contributed by atoms with Crippen molar-refractivity contribution in [3.05, 3.63) is 69.5 Å². The lowest BCUT2D eigenvalue weighted by molar-refractivity contribution is -0.124. The Kier molecular flexibility index (Phi) is 7.80. The molecule has 0 atom stereocenters. The summed E-state index contributed by atoms with van der Waals surface area (Å²) in [4.78, 5) is 33.0. The zero-order valence-electron chi connectivity index (χ0n) is 19.6. The number of rotatable bonds is 4. The highest BCUT2D eigenvalue weighted by molar-refractivity contribution is 9.10. The van der Waals surface area contributed by atoms with Gasteiger partial charge in [0.25, 0.3) is 0 Å². The summed E-state index contributed by atoms with van der Waals surface area (Å²) in [5, 5.41) is 0. The number of nitrogens with zero attached hydrogens (tertiary/aromatic N) is 3. The van der Waals surface area contributed by atoms with E-state index in [4.69, 9.17) is 11.3 Å². The van der Waals surface area contributed by atoms with Crippen LogP contribution in [0.3, 0.4) is 0 Å². The number of amides is 2. The number of anilines is 1. The molecule has 0 radical (unpaired) electrons. The molecule has 1 aliphatic heterocycles. The highest BCUT2D eigenvalue weighted by Crippen LogP contribution is 2.34. The number of halogens is 1. The van der Waals surface area contributed by atoms with E-state index in [1.54, 1.807) is 21.9 Å². The maximum absolute atomic E-state index is 13.7. The standard InChI is InChI=1S/C26H30BrN3O3/c1-18-6-8-19(9-7-18)17-30(23-11-10-21(28-5)16-22(23)27)24(31)20-12-14-29(15-13-20)25(32)33-26(2,3)4/h6-11,16,20H,12-15,17H2,1-4H3. The Morgan fingerprint density at radius 3 is 2.33 bits per heavy atom. The van der Waals surface area contributed by atoms with Crippen molar-refractivity contribution >= 4 is 39.3 Å². The molecule has 1 fully saturated rings. The number of carbonyl (C=O) groups excluding carboxylic acids is 2. The molecular weight excluding hydrogens is 482 g/mol. The van der Waals surface area contributed by atoms with Gasteiger partial charge < -0.3 is 14.5 Å². The summed E-state index contributed by atoms with van der Waals surface area (Å²) in [6, 6.07) is 13.4. The van der Waals surface area contributed by atoms with Crippen LogP contribution in [0.15, 0.2) is 46.9 Å². The molecule has 2 amide bonds. The molecule has 6 nitrogen and oxygen atoms in total. The van der Waals surface area contributed by atoms with Gasteiger partial charge in [-0.1, -0.05) is 35.9 Å². The number of ether oxygens (including phenoxy) is 1. The van der Waals surface area contributed by atoms with Crippen LogP contribution in [0, 0.1) is 19.4 Å². The molecule has 2 aromatic carbocycles. The molecule has 0 N–H and O–H groups in total. The summed E-state index contributed by atoms with van der Waals surface area (Å²) < 4.78 is 6.19. The Labute approximate surface area is 204 Å². The Balaban J connectivity index is 1.79. The van der Waals surface area contributed by atoms with E-state index in [1.807, 2.05) is 58.0 Å². The fraction of sp³-hybridized carbons (Fsp3) is 0.423. The third-order valence-corrected chi connectivity index (χ3v) is 6.21. The zero-order valence-corrected chi connectivity index (χ0v) is 21.2. The Morgan fingerprint density at radius 2 is 1.79 bits per heavy atom. The first-order valence-electron chi connectivity index (χ1n) is 11.1. The van der Waals surface area contributed by atoms with Gasteiger partial charge in [0.05, 0.1) is 18.8 Å². The van der Waals surface area contributed by atoms with Gasteiger partial charge >= 0.3 is 6.09 Å². The van der Waals surface area contributed by atoms with Crippen molar-refractivity contribution in [1.29, 1.82) is 0 Å². The third-order valence-electron chi connectivity index (χ3n) is 5.57. The van der Waals surface area contributed by atoms with Crippen molar-refractivity contribution in [1.82, 2.24) is 4.90 Å². The number of benzene rings is 2. The topological polar surface area (TPSA) is 54.2 Å². The maximum Gasteiger partial charge on any atom is 0.410 e. The van der Waals surface area contributed by atoms with Crippen molar-refractivity contribution in [3.63, 3.8) is 0 Å². The summed E-state index contributed by atoms with van der Waals surface area (Å²) in [5.41, 5.74) is 2.90. The van der Waals surface area contributed by atoms with Gasteiger partial charge in [-0.25, -0.2) is 9.64 Å². The van der Waals surface area contributed by atoms with Crippen LogP contribution in [0.25, 0.3) is 4.85 Å². The maximum atomic E-state index is 13.7. The predicted octanol–water partition coefficient (Wildman–Crippen LogP) is 6.49. The Morgan fingerprint density at radius 1 is 1.15 bits per heavy atom. The lowest BCUT2D eigenvalue weighted by Crippen LogP contribution is -2.45. The number of hydrogen-bond donors (Lipinski definition) is 0. The molecule has 0 aliphatic carbocycles. The first-order chi connectivity index (χ1) is 15.6. The van der Waals surface area contributed by atoms with Crippen LogP contribution in [0.2, 0.25) is 0 Å². The number of hydrogen-bond acceptors (Lipinski definition) is 3. The number of aryl methyl sites for hydroxylation is 1. The molecule has 1 saturated heterocycles. The molecule has 7 heteroatoms. The molecule has 0 aromatic heterocycles. The van der Waals surface area contributed by atoms with E-state index in [9.17, 15) is 9.59 Å². The van der Waals surface area contributed by atoms with Crippen LogP contribution < -0.4 is 4.90 Å². The third kappa shape index (κ3) is 6.58. The first kappa shape index (κ1) is 24.8. The van der Waals surface area contributed by atoms with Crippen molar-refractivity contribution in [2.24, 2.45) is 5.92 Å². The minimum absolute atomic E-state index is 0.0238. The smallest absolute Gasteiger partial charge is 0.410 e. The Bertz CT molecular complexity index is 1050. The molecule has 1 heterocycles. The second kappa shape index (κ2) is 10.4. The summed E-state index contributed by atoms with van der Waals surface area (Å²) in [7, 11) is 0. The molecular formula is C26H30BrN3O3. The van der Waals surface area contributed by atoms with E-state index in [0.717, 1.165) is 16.8 Å². The fourth-order valence-electron chi connectivity index (χ4n) is 3.80. The zero-order chi connectivity index (χ0) is 24.2. The van der Waals surface area contributed by atoms with Gasteiger partial charge in [-0.15, -0.1) is 0 Å². The summed E-state index contributed by atoms with van der Waals surface area (Å²) in [6.07, 6.45) is 0.836. The van der Waals surface area contributed by atoms with Gasteiger partial charge in [0.1, 0.15) is 5.60 Å². The lowest BCUT2D eigenvalue weighted by atomic mass is 9.95. The molecule has 0 unspecified atom stereocenters. The molecule has 0 bridgehead atoms. The Hall–Kier alpha value is -2.85. The second-order valence-corrected chi connectivity index (χ2v) is 10.3. The van der Waals surface area contributed by atoms with E-state index in [1.165, 1.54) is 0 Å². The number of piperidine rings is 1. The van der Waals surface area contributed by atoms with E-state index >= 15 is 0 Å². The predicted molar refractivity (Wildman–Crippen MR) is 133 cm³/mol. The van der Waals surface area contributed by atoms with E-state index in [2.05, 4.69) is 20.8 Å². The summed E-state index contributed by atoms with van der Waals surface area (Å²) >= 11 is 3.56. The van der Waals surface area contributed by atoms with Crippen molar-refractivity contribution in [2.75, 3.05) is 18.0 Å². The quantitative estimate of drug-likeness (QED) is 0.440. The summed E-state index contributed by atoms with van der Waals surface area (Å²) in [5.74, 6) is -0.169. The molecule has 33 heavy (non-hydrogen) atoms. The van der Waals surface area contributed by atoms with Crippen LogP contribution in [0.4, 0.5) is 16.2 Å². The monoisotopic (exact) mass is 511 g/mol. The van der Waals surface area contributed by atoms with Crippen LogP contribution in [0.1, 0.15) is 44.7 Å². The highest BCUT2D eigenvalue weighted by atomic mass is 79.9. The van der Waals surface area contributed by atoms with Crippen LogP contribution >= 0.6 is 15.9 Å². The highest BCUT2D eigenvalue weighted by Gasteiger charge is 2.33. The van der Waals surface area contributed by atoms with Gasteiger partial charge in [-0.3, -0.25) is 4.79 Å². The van der Waals surface area contributed by atoms with Crippen LogP contribution in [0.5, 0.6) is 0 Å². The molecule has 174 valence electrons. The summed E-state index contributed by atoms with van der Waals surface area (Å²) in [6.45, 7) is 16.2. The number of likely N-dealkylation sites (tertiary alicyclic amines) is 1. The van der Waals surface area contributed by atoms with E-state index in [-0.39, 0.29) is 17.9 Å². The van der Waals surface area contributed by atoms with E-state index in [0.29, 0.717) is 42.6 Å². The van der Waals surface area contributed by atoms with Crippen LogP contribution in [-0.2, 0) is 16.1 Å². The molecule has 2 aromatic rings. The molecule has 3 rings (SSSR count). The average Bonchev–Trinajstić information content (AvgIpc) is 2.77. The van der Waals surface area contributed by atoms with Crippen molar-refractivity contribution in [2.45, 2.75) is 52.7 Å². The second-order valence-electron chi connectivity index (χ2n) is 9.40. The first-order valence-corrected chi connectivity index (χ1v) is 11.9. The fourth-order valence-corrected chi connectivity index (χ4v) is 4.38. The lowest BCUT2D eigenvalue weighted by Gasteiger charge is -2.35. The van der Waals surface area contributed by atoms with Crippen molar-refractivity contribution in [3.8, 4) is 0 Å². The largest absolute Gasteiger partial charge is 0.444 e. The average molecular weight is 512 g/mol. The molecule has 0 saturated carbocycles. The normalized spacial score (nSPS) is 14.5. The van der Waals surface area contributed by atoms with Crippen LogP contribution in [-0.4, -0.2) is 35.6 Å². The van der Waals surface area contributed by atoms with Crippen molar-refractivity contribution < 1.29 is 14.3 Å². The van der Waals surface area contributed by atoms with Gasteiger partial charge in [0.15, 0.2) is 5.69 Å².